The first kappa shape index (κ1) is 31.5. The van der Waals surface area contributed by atoms with E-state index >= 15 is 0 Å². The predicted molar refractivity (Wildman–Crippen MR) is 157 cm³/mol. The Labute approximate surface area is 232 Å². The first-order valence-electron chi connectivity index (χ1n) is 13.5. The SMILES string of the molecule is CCC(C)c1ccc(CNC(=O)CNCCNCCNCCNCCNC(=O)Nc2ccc(Cl)cc2)cc1. The van der Waals surface area contributed by atoms with Crippen molar-refractivity contribution in [3.8, 4) is 0 Å². The maximum atomic E-state index is 12.0. The molecule has 0 aliphatic rings. The Morgan fingerprint density at radius 2 is 1.29 bits per heavy atom. The summed E-state index contributed by atoms with van der Waals surface area (Å²) in [7, 11) is 0. The van der Waals surface area contributed by atoms with Gasteiger partial charge in [-0.1, -0.05) is 49.7 Å². The molecular weight excluding hydrogens is 502 g/mol. The van der Waals surface area contributed by atoms with Crippen LogP contribution in [0.3, 0.4) is 0 Å². The number of carbonyl (C=O) groups excluding carboxylic acids is 2. The third-order valence-corrected chi connectivity index (χ3v) is 6.31. The molecule has 0 aliphatic heterocycles. The summed E-state index contributed by atoms with van der Waals surface area (Å²) in [4.78, 5) is 23.8. The van der Waals surface area contributed by atoms with E-state index in [4.69, 9.17) is 11.6 Å². The van der Waals surface area contributed by atoms with Gasteiger partial charge in [-0.05, 0) is 47.7 Å². The monoisotopic (exact) mass is 545 g/mol. The molecule has 38 heavy (non-hydrogen) atoms. The van der Waals surface area contributed by atoms with E-state index in [9.17, 15) is 9.59 Å². The van der Waals surface area contributed by atoms with Crippen LogP contribution in [0, 0.1) is 0 Å². The Morgan fingerprint density at radius 1 is 0.737 bits per heavy atom. The quantitative estimate of drug-likeness (QED) is 0.136. The van der Waals surface area contributed by atoms with Crippen molar-refractivity contribution in [2.24, 2.45) is 0 Å². The van der Waals surface area contributed by atoms with E-state index in [2.05, 4.69) is 75.3 Å². The molecule has 2 aromatic rings. The van der Waals surface area contributed by atoms with Gasteiger partial charge in [0.1, 0.15) is 0 Å². The summed E-state index contributed by atoms with van der Waals surface area (Å²) in [5.41, 5.74) is 3.16. The van der Waals surface area contributed by atoms with E-state index < -0.39 is 0 Å². The van der Waals surface area contributed by atoms with Crippen molar-refractivity contribution in [3.05, 3.63) is 64.7 Å². The Hall–Kier alpha value is -2.69. The van der Waals surface area contributed by atoms with Crippen LogP contribution in [0.25, 0.3) is 0 Å². The van der Waals surface area contributed by atoms with Crippen molar-refractivity contribution < 1.29 is 9.59 Å². The van der Waals surface area contributed by atoms with E-state index in [1.807, 2.05) is 0 Å². The number of anilines is 1. The number of hydrogen-bond acceptors (Lipinski definition) is 6. The highest BCUT2D eigenvalue weighted by atomic mass is 35.5. The van der Waals surface area contributed by atoms with Crippen molar-refractivity contribution in [1.82, 2.24) is 31.9 Å². The van der Waals surface area contributed by atoms with Crippen molar-refractivity contribution >= 4 is 29.2 Å². The van der Waals surface area contributed by atoms with Crippen molar-refractivity contribution in [3.63, 3.8) is 0 Å². The number of nitrogens with one attached hydrogen (secondary N) is 7. The summed E-state index contributed by atoms with van der Waals surface area (Å²) in [6, 6.07) is 15.2. The average molecular weight is 546 g/mol. The molecular formula is C28H44ClN7O2. The van der Waals surface area contributed by atoms with Crippen LogP contribution in [0.4, 0.5) is 10.5 Å². The van der Waals surface area contributed by atoms with Gasteiger partial charge in [0.15, 0.2) is 0 Å². The Bertz CT molecular complexity index is 926. The lowest BCUT2D eigenvalue weighted by molar-refractivity contribution is -0.120. The first-order chi connectivity index (χ1) is 18.5. The van der Waals surface area contributed by atoms with Crippen LogP contribution < -0.4 is 37.2 Å². The summed E-state index contributed by atoms with van der Waals surface area (Å²) in [5, 5.41) is 22.3. The van der Waals surface area contributed by atoms with Crippen LogP contribution in [-0.2, 0) is 11.3 Å². The lowest BCUT2D eigenvalue weighted by Gasteiger charge is -2.11. The fourth-order valence-corrected chi connectivity index (χ4v) is 3.67. The summed E-state index contributed by atoms with van der Waals surface area (Å²) >= 11 is 5.83. The number of rotatable bonds is 19. The highest BCUT2D eigenvalue weighted by Gasteiger charge is 2.04. The van der Waals surface area contributed by atoms with Crippen molar-refractivity contribution in [1.29, 1.82) is 0 Å². The Kier molecular flexibility index (Phi) is 16.1. The minimum absolute atomic E-state index is 0.00237. The minimum atomic E-state index is -0.240. The molecule has 0 heterocycles. The number of urea groups is 1. The van der Waals surface area contributed by atoms with E-state index in [0.29, 0.717) is 42.8 Å². The summed E-state index contributed by atoms with van der Waals surface area (Å²) in [5.74, 6) is 0.564. The van der Waals surface area contributed by atoms with Crippen LogP contribution in [-0.4, -0.2) is 70.8 Å². The minimum Gasteiger partial charge on any atom is -0.351 e. The second-order valence-electron chi connectivity index (χ2n) is 9.14. The zero-order chi connectivity index (χ0) is 27.4. The fraction of sp³-hybridized carbons (Fsp3) is 0.500. The zero-order valence-electron chi connectivity index (χ0n) is 22.7. The second-order valence-corrected chi connectivity index (χ2v) is 9.58. The van der Waals surface area contributed by atoms with Crippen LogP contribution in [0.1, 0.15) is 37.3 Å². The number of halogens is 1. The summed E-state index contributed by atoms with van der Waals surface area (Å²) < 4.78 is 0. The van der Waals surface area contributed by atoms with Crippen molar-refractivity contribution in [2.75, 3.05) is 64.2 Å². The molecule has 0 bridgehead atoms. The smallest absolute Gasteiger partial charge is 0.319 e. The van der Waals surface area contributed by atoms with Gasteiger partial charge in [-0.3, -0.25) is 4.79 Å². The van der Waals surface area contributed by atoms with Gasteiger partial charge in [-0.15, -0.1) is 0 Å². The topological polar surface area (TPSA) is 118 Å². The first-order valence-corrected chi connectivity index (χ1v) is 13.8. The molecule has 0 radical (unpaired) electrons. The molecule has 0 saturated heterocycles. The van der Waals surface area contributed by atoms with Crippen LogP contribution in [0.15, 0.2) is 48.5 Å². The average Bonchev–Trinajstić information content (AvgIpc) is 2.93. The zero-order valence-corrected chi connectivity index (χ0v) is 23.4. The fourth-order valence-electron chi connectivity index (χ4n) is 3.54. The van der Waals surface area contributed by atoms with Crippen LogP contribution in [0.5, 0.6) is 0 Å². The van der Waals surface area contributed by atoms with E-state index in [-0.39, 0.29) is 11.9 Å². The molecule has 10 heteroatoms. The van der Waals surface area contributed by atoms with Gasteiger partial charge in [-0.25, -0.2) is 4.79 Å². The summed E-state index contributed by atoms with van der Waals surface area (Å²) in [6.07, 6.45) is 1.12. The van der Waals surface area contributed by atoms with E-state index in [1.54, 1.807) is 24.3 Å². The Morgan fingerprint density at radius 3 is 1.87 bits per heavy atom. The third-order valence-electron chi connectivity index (χ3n) is 6.06. The highest BCUT2D eigenvalue weighted by molar-refractivity contribution is 6.30. The molecule has 210 valence electrons. The maximum absolute atomic E-state index is 12.0. The Balaban J connectivity index is 1.33. The van der Waals surface area contributed by atoms with Gasteiger partial charge in [0, 0.05) is 69.6 Å². The third kappa shape index (κ3) is 14.3. The van der Waals surface area contributed by atoms with Crippen molar-refractivity contribution in [2.45, 2.75) is 32.7 Å². The molecule has 0 spiro atoms. The highest BCUT2D eigenvalue weighted by Crippen LogP contribution is 2.18. The van der Waals surface area contributed by atoms with Gasteiger partial charge in [0.05, 0.1) is 6.54 Å². The molecule has 2 rings (SSSR count). The van der Waals surface area contributed by atoms with E-state index in [1.165, 1.54) is 5.56 Å². The molecule has 3 amide bonds. The molecule has 7 N–H and O–H groups in total. The number of carbonyl (C=O) groups is 2. The molecule has 1 unspecified atom stereocenters. The molecule has 0 fully saturated rings. The molecule has 0 saturated carbocycles. The predicted octanol–water partition coefficient (Wildman–Crippen LogP) is 2.65. The van der Waals surface area contributed by atoms with Crippen LogP contribution >= 0.6 is 11.6 Å². The van der Waals surface area contributed by atoms with Gasteiger partial charge in [-0.2, -0.15) is 0 Å². The van der Waals surface area contributed by atoms with Gasteiger partial charge < -0.3 is 37.2 Å². The maximum Gasteiger partial charge on any atom is 0.319 e. The second kappa shape index (κ2) is 19.4. The normalized spacial score (nSPS) is 11.7. The molecule has 0 aromatic heterocycles. The molecule has 0 aliphatic carbocycles. The number of amides is 3. The number of hydrogen-bond donors (Lipinski definition) is 7. The van der Waals surface area contributed by atoms with E-state index in [0.717, 1.165) is 51.3 Å². The van der Waals surface area contributed by atoms with Gasteiger partial charge >= 0.3 is 6.03 Å². The van der Waals surface area contributed by atoms with Crippen LogP contribution in [0.2, 0.25) is 5.02 Å². The largest absolute Gasteiger partial charge is 0.351 e. The number of benzene rings is 2. The standard InChI is InChI=1S/C28H44ClN7O2/c1-3-22(2)24-6-4-23(5-7-24)20-35-27(37)21-33-17-16-31-13-12-30-14-15-32-18-19-34-28(38)36-26-10-8-25(29)9-11-26/h4-11,22,30-33H,3,12-21H2,1-2H3,(H,35,37)(H2,34,36,38). The molecule has 9 nitrogen and oxygen atoms in total. The van der Waals surface area contributed by atoms with Gasteiger partial charge in [0.2, 0.25) is 5.91 Å². The lowest BCUT2D eigenvalue weighted by Crippen LogP contribution is -2.39. The molecule has 2 aromatic carbocycles. The lowest BCUT2D eigenvalue weighted by atomic mass is 9.98. The van der Waals surface area contributed by atoms with Gasteiger partial charge in [0.25, 0.3) is 0 Å². The summed E-state index contributed by atoms with van der Waals surface area (Å²) in [6.45, 7) is 11.4. The molecule has 1 atom stereocenters.